The van der Waals surface area contributed by atoms with Crippen molar-refractivity contribution in [1.29, 1.82) is 0 Å². The van der Waals surface area contributed by atoms with Gasteiger partial charge < -0.3 is 10.6 Å². The Bertz CT molecular complexity index is 579. The van der Waals surface area contributed by atoms with Gasteiger partial charge in [0, 0.05) is 12.6 Å². The number of amides is 1. The normalized spacial score (nSPS) is 13.8. The Morgan fingerprint density at radius 2 is 1.95 bits per heavy atom. The molecule has 0 unspecified atom stereocenters. The van der Waals surface area contributed by atoms with Gasteiger partial charge in [0.2, 0.25) is 0 Å². The van der Waals surface area contributed by atoms with E-state index >= 15 is 0 Å². The number of rotatable bonds is 5. The number of hydrogen-bond donors (Lipinski definition) is 2. The molecule has 0 aliphatic heterocycles. The van der Waals surface area contributed by atoms with Crippen molar-refractivity contribution in [3.05, 3.63) is 54.0 Å². The number of nitrogens with one attached hydrogen (secondary N) is 2. The lowest BCUT2D eigenvalue weighted by molar-refractivity contribution is 0.0945. The molecule has 0 radical (unpaired) electrons. The second-order valence-corrected chi connectivity index (χ2v) is 4.87. The molecule has 5 nitrogen and oxygen atoms in total. The van der Waals surface area contributed by atoms with E-state index in [1.54, 1.807) is 6.20 Å². The fraction of sp³-hybridized carbons (Fsp3) is 0.267. The molecule has 2 aromatic rings. The highest BCUT2D eigenvalue weighted by atomic mass is 16.2. The molecule has 5 heteroatoms. The maximum absolute atomic E-state index is 11.8. The maximum atomic E-state index is 11.8. The lowest BCUT2D eigenvalue weighted by atomic mass is 10.2. The molecule has 102 valence electrons. The Morgan fingerprint density at radius 1 is 1.15 bits per heavy atom. The van der Waals surface area contributed by atoms with Crippen LogP contribution in [0.1, 0.15) is 28.9 Å². The van der Waals surface area contributed by atoms with Crippen LogP contribution in [0.15, 0.2) is 42.7 Å². The lowest BCUT2D eigenvalue weighted by Crippen LogP contribution is -2.26. The van der Waals surface area contributed by atoms with Crippen LogP contribution in [0, 0.1) is 0 Å². The van der Waals surface area contributed by atoms with E-state index in [0.717, 1.165) is 12.8 Å². The van der Waals surface area contributed by atoms with Crippen LogP contribution in [-0.4, -0.2) is 21.9 Å². The van der Waals surface area contributed by atoms with E-state index in [0.29, 0.717) is 24.1 Å². The van der Waals surface area contributed by atoms with E-state index in [-0.39, 0.29) is 5.91 Å². The average Bonchev–Trinajstić information content (AvgIpc) is 3.31. The molecule has 0 bridgehead atoms. The fourth-order valence-electron chi connectivity index (χ4n) is 1.81. The average molecular weight is 268 g/mol. The minimum atomic E-state index is -0.144. The highest BCUT2D eigenvalue weighted by molar-refractivity contribution is 5.92. The molecule has 0 atom stereocenters. The van der Waals surface area contributed by atoms with E-state index in [1.807, 2.05) is 30.3 Å². The van der Waals surface area contributed by atoms with Gasteiger partial charge in [-0.3, -0.25) is 4.79 Å². The van der Waals surface area contributed by atoms with Gasteiger partial charge in [-0.1, -0.05) is 30.3 Å². The molecule has 1 aromatic carbocycles. The molecule has 0 spiro atoms. The van der Waals surface area contributed by atoms with Crippen LogP contribution in [0.2, 0.25) is 0 Å². The molecule has 1 heterocycles. The van der Waals surface area contributed by atoms with Crippen molar-refractivity contribution in [3.63, 3.8) is 0 Å². The topological polar surface area (TPSA) is 66.9 Å². The molecule has 2 N–H and O–H groups in total. The molecule has 20 heavy (non-hydrogen) atoms. The maximum Gasteiger partial charge on any atom is 0.271 e. The third-order valence-corrected chi connectivity index (χ3v) is 3.11. The number of aromatic nitrogens is 2. The summed E-state index contributed by atoms with van der Waals surface area (Å²) < 4.78 is 0. The number of anilines is 1. The minimum Gasteiger partial charge on any atom is -0.365 e. The number of carbonyl (C=O) groups is 1. The van der Waals surface area contributed by atoms with Crippen LogP contribution in [0.4, 0.5) is 5.82 Å². The number of nitrogens with zero attached hydrogens (tertiary/aromatic N) is 2. The Morgan fingerprint density at radius 3 is 2.60 bits per heavy atom. The molecule has 1 fully saturated rings. The first-order valence-electron chi connectivity index (χ1n) is 6.72. The van der Waals surface area contributed by atoms with Crippen LogP contribution >= 0.6 is 0 Å². The van der Waals surface area contributed by atoms with Gasteiger partial charge in [0.05, 0.1) is 12.4 Å². The lowest BCUT2D eigenvalue weighted by Gasteiger charge is -2.06. The van der Waals surface area contributed by atoms with Crippen molar-refractivity contribution >= 4 is 11.7 Å². The third-order valence-electron chi connectivity index (χ3n) is 3.11. The molecule has 1 aliphatic carbocycles. The van der Waals surface area contributed by atoms with Gasteiger partial charge in [-0.25, -0.2) is 9.97 Å². The van der Waals surface area contributed by atoms with Crippen molar-refractivity contribution in [2.75, 3.05) is 5.32 Å². The summed E-state index contributed by atoms with van der Waals surface area (Å²) in [6.45, 7) is 0.684. The zero-order chi connectivity index (χ0) is 13.8. The summed E-state index contributed by atoms with van der Waals surface area (Å²) in [5.41, 5.74) is 1.53. The zero-order valence-corrected chi connectivity index (χ0v) is 11.0. The first-order chi connectivity index (χ1) is 9.81. The Hall–Kier alpha value is -2.43. The van der Waals surface area contributed by atoms with Gasteiger partial charge in [0.15, 0.2) is 0 Å². The monoisotopic (exact) mass is 268 g/mol. The second-order valence-electron chi connectivity index (χ2n) is 4.87. The van der Waals surface area contributed by atoms with Crippen molar-refractivity contribution in [1.82, 2.24) is 15.3 Å². The molecule has 1 amide bonds. The van der Waals surface area contributed by atoms with Crippen molar-refractivity contribution in [2.24, 2.45) is 0 Å². The van der Waals surface area contributed by atoms with E-state index in [1.165, 1.54) is 11.8 Å². The largest absolute Gasteiger partial charge is 0.365 e. The third kappa shape index (κ3) is 3.32. The minimum absolute atomic E-state index is 0.144. The predicted octanol–water partition coefficient (Wildman–Crippen LogP) is 1.98. The Balaban J connectivity index is 1.56. The quantitative estimate of drug-likeness (QED) is 0.870. The number of hydrogen-bond acceptors (Lipinski definition) is 4. The highest BCUT2D eigenvalue weighted by Crippen LogP contribution is 2.19. The standard InChI is InChI=1S/C15H16N4O/c20-15(19-12-6-7-12)13-9-18-14(10-16-13)17-8-11-4-2-1-3-5-11/h1-5,9-10,12H,6-8H2,(H,17,18)(H,19,20). The predicted molar refractivity (Wildman–Crippen MR) is 76.3 cm³/mol. The van der Waals surface area contributed by atoms with E-state index in [2.05, 4.69) is 20.6 Å². The van der Waals surface area contributed by atoms with Crippen LogP contribution in [-0.2, 0) is 6.54 Å². The van der Waals surface area contributed by atoms with Crippen LogP contribution in [0.3, 0.4) is 0 Å². The molecule has 1 aliphatic rings. The van der Waals surface area contributed by atoms with E-state index in [4.69, 9.17) is 0 Å². The van der Waals surface area contributed by atoms with Crippen molar-refractivity contribution in [2.45, 2.75) is 25.4 Å². The van der Waals surface area contributed by atoms with E-state index in [9.17, 15) is 4.79 Å². The van der Waals surface area contributed by atoms with Gasteiger partial charge in [0.1, 0.15) is 11.5 Å². The fourth-order valence-corrected chi connectivity index (χ4v) is 1.81. The SMILES string of the molecule is O=C(NC1CC1)c1cnc(NCc2ccccc2)cn1. The Labute approximate surface area is 117 Å². The summed E-state index contributed by atoms with van der Waals surface area (Å²) in [5, 5.41) is 6.06. The second kappa shape index (κ2) is 5.69. The zero-order valence-electron chi connectivity index (χ0n) is 11.0. The summed E-state index contributed by atoms with van der Waals surface area (Å²) >= 11 is 0. The highest BCUT2D eigenvalue weighted by Gasteiger charge is 2.24. The molecular formula is C15H16N4O. The van der Waals surface area contributed by atoms with Gasteiger partial charge in [-0.2, -0.15) is 0 Å². The summed E-state index contributed by atoms with van der Waals surface area (Å²) in [6.07, 6.45) is 5.22. The Kier molecular flexibility index (Phi) is 3.58. The van der Waals surface area contributed by atoms with Gasteiger partial charge in [-0.15, -0.1) is 0 Å². The van der Waals surface area contributed by atoms with Crippen LogP contribution in [0.5, 0.6) is 0 Å². The smallest absolute Gasteiger partial charge is 0.271 e. The molecular weight excluding hydrogens is 252 g/mol. The number of benzene rings is 1. The molecule has 1 aromatic heterocycles. The van der Waals surface area contributed by atoms with Gasteiger partial charge in [-0.05, 0) is 18.4 Å². The summed E-state index contributed by atoms with van der Waals surface area (Å²) in [5.74, 6) is 0.520. The first kappa shape index (κ1) is 12.6. The first-order valence-corrected chi connectivity index (χ1v) is 6.72. The van der Waals surface area contributed by atoms with Crippen LogP contribution in [0.25, 0.3) is 0 Å². The van der Waals surface area contributed by atoms with Gasteiger partial charge >= 0.3 is 0 Å². The summed E-state index contributed by atoms with van der Waals surface area (Å²) in [4.78, 5) is 20.1. The molecule has 0 saturated heterocycles. The van der Waals surface area contributed by atoms with Crippen LogP contribution < -0.4 is 10.6 Å². The van der Waals surface area contributed by atoms with Crippen molar-refractivity contribution in [3.8, 4) is 0 Å². The number of carbonyl (C=O) groups excluding carboxylic acids is 1. The molecule has 1 saturated carbocycles. The summed E-state index contributed by atoms with van der Waals surface area (Å²) in [7, 11) is 0. The van der Waals surface area contributed by atoms with Crippen molar-refractivity contribution < 1.29 is 4.79 Å². The van der Waals surface area contributed by atoms with Gasteiger partial charge in [0.25, 0.3) is 5.91 Å². The van der Waals surface area contributed by atoms with E-state index < -0.39 is 0 Å². The molecule has 3 rings (SSSR count). The summed E-state index contributed by atoms with van der Waals surface area (Å²) in [6, 6.07) is 10.4.